The first kappa shape index (κ1) is 18.6. The number of piperidine rings is 1. The van der Waals surface area contributed by atoms with Crippen molar-refractivity contribution in [3.63, 3.8) is 0 Å². The molecule has 7 heteroatoms. The number of hydrazone groups is 1. The number of hydrogen-bond donors (Lipinski definition) is 2. The number of likely N-dealkylation sites (tertiary alicyclic amines) is 1. The number of anilines is 2. The molecule has 7 nitrogen and oxygen atoms in total. The molecule has 0 atom stereocenters. The van der Waals surface area contributed by atoms with Gasteiger partial charge in [0.25, 0.3) is 0 Å². The van der Waals surface area contributed by atoms with Crippen molar-refractivity contribution in [3.8, 4) is 11.5 Å². The van der Waals surface area contributed by atoms with Crippen LogP contribution in [0.3, 0.4) is 0 Å². The molecule has 30 heavy (non-hydrogen) atoms. The summed E-state index contributed by atoms with van der Waals surface area (Å²) in [6.07, 6.45) is 5.70. The lowest BCUT2D eigenvalue weighted by Gasteiger charge is -2.42. The van der Waals surface area contributed by atoms with Crippen molar-refractivity contribution in [1.82, 2.24) is 4.90 Å². The predicted molar refractivity (Wildman–Crippen MR) is 117 cm³/mol. The van der Waals surface area contributed by atoms with Gasteiger partial charge in [-0.2, -0.15) is 5.10 Å². The highest BCUT2D eigenvalue weighted by Gasteiger charge is 2.32. The Kier molecular flexibility index (Phi) is 4.80. The first-order valence-corrected chi connectivity index (χ1v) is 10.2. The maximum atomic E-state index is 6.21. The summed E-state index contributed by atoms with van der Waals surface area (Å²) >= 11 is 0. The number of rotatable bonds is 4. The molecule has 0 saturated carbocycles. The van der Waals surface area contributed by atoms with Crippen LogP contribution in [0, 0.1) is 0 Å². The molecule has 0 spiro atoms. The average Bonchev–Trinajstić information content (AvgIpc) is 3.30. The quantitative estimate of drug-likeness (QED) is 0.298. The monoisotopic (exact) mass is 403 g/mol. The van der Waals surface area contributed by atoms with E-state index in [-0.39, 0.29) is 0 Å². The van der Waals surface area contributed by atoms with E-state index >= 15 is 0 Å². The van der Waals surface area contributed by atoms with Crippen LogP contribution in [0.15, 0.2) is 70.6 Å². The van der Waals surface area contributed by atoms with Gasteiger partial charge in [0, 0.05) is 36.8 Å². The van der Waals surface area contributed by atoms with E-state index in [1.807, 2.05) is 36.6 Å². The number of para-hydroxylation sites is 2. The van der Waals surface area contributed by atoms with E-state index in [4.69, 9.17) is 20.7 Å². The van der Waals surface area contributed by atoms with E-state index in [1.165, 1.54) is 5.56 Å². The molecule has 0 bridgehead atoms. The van der Waals surface area contributed by atoms with E-state index in [9.17, 15) is 0 Å². The van der Waals surface area contributed by atoms with Gasteiger partial charge in [-0.25, -0.2) is 0 Å². The summed E-state index contributed by atoms with van der Waals surface area (Å²) in [7, 11) is 0. The van der Waals surface area contributed by atoms with E-state index < -0.39 is 0 Å². The van der Waals surface area contributed by atoms with Crippen molar-refractivity contribution in [3.05, 3.63) is 72.2 Å². The summed E-state index contributed by atoms with van der Waals surface area (Å²) in [5, 5.41) is 3.61. The molecular weight excluding hydrogens is 378 g/mol. The molecule has 3 heterocycles. The minimum Gasteiger partial charge on any atom is -0.472 e. The lowest BCUT2D eigenvalue weighted by molar-refractivity contribution is 0.204. The van der Waals surface area contributed by atoms with Crippen LogP contribution in [0.2, 0.25) is 0 Å². The second kappa shape index (κ2) is 7.76. The predicted octanol–water partition coefficient (Wildman–Crippen LogP) is 3.77. The molecule has 1 saturated heterocycles. The van der Waals surface area contributed by atoms with Crippen molar-refractivity contribution in [2.24, 2.45) is 16.7 Å². The van der Waals surface area contributed by atoms with Gasteiger partial charge in [-0.05, 0) is 49.2 Å². The smallest absolute Gasteiger partial charge is 0.151 e. The van der Waals surface area contributed by atoms with Crippen LogP contribution >= 0.6 is 0 Å². The van der Waals surface area contributed by atoms with E-state index in [0.717, 1.165) is 60.9 Å². The topological polar surface area (TPSA) is 93.2 Å². The van der Waals surface area contributed by atoms with E-state index in [2.05, 4.69) is 33.1 Å². The summed E-state index contributed by atoms with van der Waals surface area (Å²) in [4.78, 5) is 4.90. The van der Waals surface area contributed by atoms with Crippen molar-refractivity contribution < 1.29 is 9.15 Å². The molecular formula is C23H25N5O2. The Labute approximate surface area is 175 Å². The Hall–Kier alpha value is -3.45. The lowest BCUT2D eigenvalue weighted by Crippen LogP contribution is -2.43. The van der Waals surface area contributed by atoms with Crippen LogP contribution < -0.4 is 21.2 Å². The molecule has 0 amide bonds. The summed E-state index contributed by atoms with van der Waals surface area (Å²) in [6, 6.07) is 16.5. The summed E-state index contributed by atoms with van der Waals surface area (Å²) in [5.41, 5.74) is 10.0. The summed E-state index contributed by atoms with van der Waals surface area (Å²) < 4.78 is 11.4. The number of amidine groups is 1. The Bertz CT molecular complexity index is 1060. The number of ether oxygens (including phenoxy) is 1. The zero-order chi connectivity index (χ0) is 20.5. The molecule has 2 aromatic carbocycles. The Balaban J connectivity index is 1.42. The molecule has 154 valence electrons. The molecule has 2 aliphatic rings. The van der Waals surface area contributed by atoms with E-state index in [0.29, 0.717) is 11.9 Å². The molecule has 0 unspecified atom stereocenters. The molecule has 2 aliphatic heterocycles. The van der Waals surface area contributed by atoms with Gasteiger partial charge in [0.2, 0.25) is 0 Å². The normalized spacial score (nSPS) is 17.3. The van der Waals surface area contributed by atoms with Gasteiger partial charge in [-0.15, -0.1) is 0 Å². The third-order valence-corrected chi connectivity index (χ3v) is 5.91. The lowest BCUT2D eigenvalue weighted by atomic mass is 9.99. The Morgan fingerprint density at radius 2 is 1.83 bits per heavy atom. The second-order valence-corrected chi connectivity index (χ2v) is 7.78. The van der Waals surface area contributed by atoms with Crippen LogP contribution in [0.5, 0.6) is 11.5 Å². The Morgan fingerprint density at radius 3 is 2.60 bits per heavy atom. The number of fused-ring (bicyclic) bond motifs is 2. The first-order chi connectivity index (χ1) is 14.7. The summed E-state index contributed by atoms with van der Waals surface area (Å²) in [5.74, 6) is 7.28. The third-order valence-electron chi connectivity index (χ3n) is 5.91. The zero-order valence-corrected chi connectivity index (χ0v) is 16.7. The van der Waals surface area contributed by atoms with Crippen LogP contribution in [0.1, 0.15) is 24.0 Å². The van der Waals surface area contributed by atoms with Gasteiger partial charge in [-0.1, -0.05) is 12.1 Å². The van der Waals surface area contributed by atoms with Crippen molar-refractivity contribution in [2.45, 2.75) is 25.4 Å². The van der Waals surface area contributed by atoms with Gasteiger partial charge in [0.15, 0.2) is 11.5 Å². The minimum absolute atomic E-state index is 0.291. The van der Waals surface area contributed by atoms with Crippen molar-refractivity contribution in [1.29, 1.82) is 0 Å². The maximum absolute atomic E-state index is 6.21. The van der Waals surface area contributed by atoms with Crippen LogP contribution in [0.4, 0.5) is 11.4 Å². The largest absolute Gasteiger partial charge is 0.472 e. The number of nitrogens with two attached hydrogens (primary N) is 2. The van der Waals surface area contributed by atoms with Gasteiger partial charge < -0.3 is 25.6 Å². The molecule has 4 N–H and O–H groups in total. The Morgan fingerprint density at radius 1 is 1.03 bits per heavy atom. The van der Waals surface area contributed by atoms with Crippen LogP contribution in [-0.4, -0.2) is 29.9 Å². The van der Waals surface area contributed by atoms with E-state index in [1.54, 1.807) is 6.26 Å². The fraction of sp³-hybridized carbons (Fsp3) is 0.261. The summed E-state index contributed by atoms with van der Waals surface area (Å²) in [6.45, 7) is 3.01. The highest BCUT2D eigenvalue weighted by atomic mass is 16.5. The van der Waals surface area contributed by atoms with Gasteiger partial charge in [-0.3, -0.25) is 4.90 Å². The standard InChI is InChI=1S/C23H25N5O2/c24-23(26-25)17-5-6-20-22(13-17)30-21-4-2-1-3-19(21)28(20)18-7-10-27(11-8-18)14-16-9-12-29-15-16/h1-6,9,12-13,15,18H,7-8,10-11,14,25H2,(H2,24,26). The molecule has 3 aromatic rings. The van der Waals surface area contributed by atoms with Gasteiger partial charge >= 0.3 is 0 Å². The number of hydrogen-bond acceptors (Lipinski definition) is 6. The fourth-order valence-corrected chi connectivity index (χ4v) is 4.39. The van der Waals surface area contributed by atoms with Gasteiger partial charge in [0.1, 0.15) is 5.84 Å². The molecule has 0 aliphatic carbocycles. The fourth-order valence-electron chi connectivity index (χ4n) is 4.39. The van der Waals surface area contributed by atoms with Crippen molar-refractivity contribution in [2.75, 3.05) is 18.0 Å². The van der Waals surface area contributed by atoms with Crippen LogP contribution in [0.25, 0.3) is 0 Å². The highest BCUT2D eigenvalue weighted by Crippen LogP contribution is 2.48. The third kappa shape index (κ3) is 3.37. The molecule has 1 aromatic heterocycles. The number of nitrogens with zero attached hydrogens (tertiary/aromatic N) is 3. The maximum Gasteiger partial charge on any atom is 0.151 e. The van der Waals surface area contributed by atoms with Crippen LogP contribution in [-0.2, 0) is 6.54 Å². The number of furan rings is 1. The zero-order valence-electron chi connectivity index (χ0n) is 16.7. The van der Waals surface area contributed by atoms with Gasteiger partial charge in [0.05, 0.1) is 23.9 Å². The SMILES string of the molecule is N/N=C(\N)c1ccc2c(c1)Oc1ccccc1N2C1CCN(Cc2ccoc2)CC1. The second-order valence-electron chi connectivity index (χ2n) is 7.78. The average molecular weight is 403 g/mol. The molecule has 5 rings (SSSR count). The minimum atomic E-state index is 0.291. The number of benzene rings is 2. The highest BCUT2D eigenvalue weighted by molar-refractivity contribution is 5.98. The molecule has 1 fully saturated rings. The first-order valence-electron chi connectivity index (χ1n) is 10.2. The molecule has 0 radical (unpaired) electrons. The van der Waals surface area contributed by atoms with Crippen molar-refractivity contribution >= 4 is 17.2 Å².